The number of morpholine rings is 1. The molecule has 0 aromatic heterocycles. The Bertz CT molecular complexity index is 1470. The summed E-state index contributed by atoms with van der Waals surface area (Å²) in [6.07, 6.45) is -0.460. The van der Waals surface area contributed by atoms with Crippen LogP contribution in [0, 0.1) is 17.2 Å². The van der Waals surface area contributed by atoms with Crippen molar-refractivity contribution in [2.75, 3.05) is 6.54 Å². The van der Waals surface area contributed by atoms with Gasteiger partial charge in [-0.2, -0.15) is 5.26 Å². The standard InChI is InChI=1S/C33H33Cl2N3O5/c1-3-4-27(31(39)37-19-20(2)33(41)42)38-29(23-9-13-25(34)14-10-23)30(24-11-15-26(35)16-12-24)43-28(32(38)40)17-21-5-7-22(18-36)8-6-21/h5-16,20,27-30H,3-4,17,19H2,1-2H3,(H,37,39)(H,41,42)/t20-,27+,28-,29+,30-/m1/s1. The molecule has 5 atom stereocenters. The van der Waals surface area contributed by atoms with Crippen LogP contribution in [0.4, 0.5) is 0 Å². The molecule has 0 radical (unpaired) electrons. The van der Waals surface area contributed by atoms with Gasteiger partial charge in [-0.3, -0.25) is 14.4 Å². The molecule has 0 unspecified atom stereocenters. The molecule has 2 amide bonds. The highest BCUT2D eigenvalue weighted by molar-refractivity contribution is 6.30. The van der Waals surface area contributed by atoms with E-state index in [1.165, 1.54) is 6.92 Å². The maximum atomic E-state index is 14.4. The molecule has 0 saturated carbocycles. The van der Waals surface area contributed by atoms with Crippen molar-refractivity contribution in [3.63, 3.8) is 0 Å². The second kappa shape index (κ2) is 14.5. The number of nitrogens with one attached hydrogen (secondary N) is 1. The van der Waals surface area contributed by atoms with Gasteiger partial charge >= 0.3 is 5.97 Å². The average molecular weight is 623 g/mol. The fraction of sp³-hybridized carbons (Fsp3) is 0.333. The van der Waals surface area contributed by atoms with E-state index >= 15 is 0 Å². The fourth-order valence-electron chi connectivity index (χ4n) is 5.21. The Morgan fingerprint density at radius 1 is 1.00 bits per heavy atom. The number of carbonyl (C=O) groups is 3. The lowest BCUT2D eigenvalue weighted by Crippen LogP contribution is -2.59. The van der Waals surface area contributed by atoms with Crippen molar-refractivity contribution in [1.29, 1.82) is 5.26 Å². The number of aliphatic carboxylic acids is 1. The molecular formula is C33H33Cl2N3O5. The molecule has 43 heavy (non-hydrogen) atoms. The van der Waals surface area contributed by atoms with Crippen LogP contribution in [0.25, 0.3) is 0 Å². The molecule has 1 fully saturated rings. The molecule has 0 bridgehead atoms. The van der Waals surface area contributed by atoms with Gasteiger partial charge in [-0.15, -0.1) is 0 Å². The summed E-state index contributed by atoms with van der Waals surface area (Å²) in [5.74, 6) is -2.63. The van der Waals surface area contributed by atoms with Crippen molar-refractivity contribution in [2.24, 2.45) is 5.92 Å². The van der Waals surface area contributed by atoms with Gasteiger partial charge in [0.15, 0.2) is 0 Å². The van der Waals surface area contributed by atoms with Gasteiger partial charge in [0, 0.05) is 23.0 Å². The number of rotatable bonds is 11. The highest BCUT2D eigenvalue weighted by Crippen LogP contribution is 2.44. The lowest BCUT2D eigenvalue weighted by molar-refractivity contribution is -0.181. The van der Waals surface area contributed by atoms with Gasteiger partial charge in [0.1, 0.15) is 18.2 Å². The van der Waals surface area contributed by atoms with Gasteiger partial charge in [0.25, 0.3) is 5.91 Å². The van der Waals surface area contributed by atoms with Crippen molar-refractivity contribution in [1.82, 2.24) is 10.2 Å². The molecule has 4 rings (SSSR count). The highest BCUT2D eigenvalue weighted by atomic mass is 35.5. The molecule has 3 aromatic rings. The minimum atomic E-state index is -1.03. The molecule has 1 aliphatic heterocycles. The normalized spacial score (nSPS) is 19.7. The number of hydrogen-bond acceptors (Lipinski definition) is 5. The molecule has 10 heteroatoms. The lowest BCUT2D eigenvalue weighted by atomic mass is 9.88. The summed E-state index contributed by atoms with van der Waals surface area (Å²) < 4.78 is 6.61. The number of carbonyl (C=O) groups excluding carboxylic acids is 2. The van der Waals surface area contributed by atoms with Crippen molar-refractivity contribution >= 4 is 41.0 Å². The Morgan fingerprint density at radius 3 is 2.12 bits per heavy atom. The molecule has 3 aromatic carbocycles. The van der Waals surface area contributed by atoms with Crippen LogP contribution in [0.3, 0.4) is 0 Å². The molecule has 1 saturated heterocycles. The number of amides is 2. The monoisotopic (exact) mass is 621 g/mol. The van der Waals surface area contributed by atoms with Crippen LogP contribution in [0.1, 0.15) is 61.1 Å². The zero-order valence-corrected chi connectivity index (χ0v) is 25.4. The molecule has 8 nitrogen and oxygen atoms in total. The van der Waals surface area contributed by atoms with Crippen LogP contribution in [0.5, 0.6) is 0 Å². The number of carboxylic acid groups (broad SMARTS) is 1. The minimum absolute atomic E-state index is 0.0756. The lowest BCUT2D eigenvalue weighted by Gasteiger charge is -2.47. The molecule has 0 aliphatic carbocycles. The number of nitriles is 1. The van der Waals surface area contributed by atoms with E-state index in [0.29, 0.717) is 28.5 Å². The van der Waals surface area contributed by atoms with Crippen LogP contribution in [-0.2, 0) is 25.5 Å². The topological polar surface area (TPSA) is 120 Å². The maximum Gasteiger partial charge on any atom is 0.308 e. The van der Waals surface area contributed by atoms with Crippen LogP contribution in [0.2, 0.25) is 10.0 Å². The van der Waals surface area contributed by atoms with Crippen molar-refractivity contribution < 1.29 is 24.2 Å². The van der Waals surface area contributed by atoms with E-state index in [4.69, 9.17) is 27.9 Å². The SMILES string of the molecule is CCC[C@@H](C(=O)NC[C@@H](C)C(=O)O)N1C(=O)[C@@H](Cc2ccc(C#N)cc2)O[C@H](c2ccc(Cl)cc2)[C@@H]1c1ccc(Cl)cc1. The Morgan fingerprint density at radius 2 is 1.58 bits per heavy atom. The quantitative estimate of drug-likeness (QED) is 0.266. The summed E-state index contributed by atoms with van der Waals surface area (Å²) in [5.41, 5.74) is 2.78. The van der Waals surface area contributed by atoms with Gasteiger partial charge in [0.2, 0.25) is 5.91 Å². The number of carboxylic acids is 1. The third kappa shape index (κ3) is 7.74. The fourth-order valence-corrected chi connectivity index (χ4v) is 5.46. The Hall–Kier alpha value is -3.90. The van der Waals surface area contributed by atoms with Crippen LogP contribution in [-0.4, -0.2) is 46.5 Å². The second-order valence-corrected chi connectivity index (χ2v) is 11.5. The first-order valence-electron chi connectivity index (χ1n) is 14.1. The summed E-state index contributed by atoms with van der Waals surface area (Å²) in [4.78, 5) is 41.2. The Balaban J connectivity index is 1.82. The van der Waals surface area contributed by atoms with E-state index in [0.717, 1.165) is 16.7 Å². The first-order valence-corrected chi connectivity index (χ1v) is 14.9. The first kappa shape index (κ1) is 32.0. The Kier molecular flexibility index (Phi) is 10.8. The zero-order chi connectivity index (χ0) is 31.1. The summed E-state index contributed by atoms with van der Waals surface area (Å²) in [5, 5.41) is 22.4. The van der Waals surface area contributed by atoms with Gasteiger partial charge < -0.3 is 20.1 Å². The predicted molar refractivity (Wildman–Crippen MR) is 163 cm³/mol. The van der Waals surface area contributed by atoms with E-state index in [9.17, 15) is 24.8 Å². The van der Waals surface area contributed by atoms with Crippen LogP contribution < -0.4 is 5.32 Å². The number of hydrogen-bond donors (Lipinski definition) is 2. The average Bonchev–Trinajstić information content (AvgIpc) is 3.00. The van der Waals surface area contributed by atoms with Crippen molar-refractivity contribution in [3.05, 3.63) is 105 Å². The first-order chi connectivity index (χ1) is 20.6. The van der Waals surface area contributed by atoms with E-state index in [2.05, 4.69) is 11.4 Å². The number of halogens is 2. The summed E-state index contributed by atoms with van der Waals surface area (Å²) in [6, 6.07) is 21.7. The van der Waals surface area contributed by atoms with Gasteiger partial charge in [-0.05, 0) is 59.5 Å². The largest absolute Gasteiger partial charge is 0.481 e. The highest BCUT2D eigenvalue weighted by Gasteiger charge is 2.48. The zero-order valence-electron chi connectivity index (χ0n) is 23.9. The summed E-state index contributed by atoms with van der Waals surface area (Å²) in [6.45, 7) is 3.36. The smallest absolute Gasteiger partial charge is 0.308 e. The van der Waals surface area contributed by atoms with Crippen LogP contribution >= 0.6 is 23.2 Å². The van der Waals surface area contributed by atoms with Gasteiger partial charge in [-0.25, -0.2) is 0 Å². The number of benzene rings is 3. The second-order valence-electron chi connectivity index (χ2n) is 10.6. The molecule has 0 spiro atoms. The maximum absolute atomic E-state index is 14.4. The van der Waals surface area contributed by atoms with E-state index in [1.807, 2.05) is 31.2 Å². The summed E-state index contributed by atoms with van der Waals surface area (Å²) >= 11 is 12.4. The third-order valence-corrected chi connectivity index (χ3v) is 8.05. The molecule has 1 heterocycles. The molecule has 224 valence electrons. The van der Waals surface area contributed by atoms with E-state index < -0.39 is 42.1 Å². The minimum Gasteiger partial charge on any atom is -0.481 e. The predicted octanol–water partition coefficient (Wildman–Crippen LogP) is 6.12. The van der Waals surface area contributed by atoms with Crippen LogP contribution in [0.15, 0.2) is 72.8 Å². The van der Waals surface area contributed by atoms with E-state index in [-0.39, 0.29) is 18.9 Å². The number of nitrogens with zero attached hydrogens (tertiary/aromatic N) is 2. The van der Waals surface area contributed by atoms with Crippen molar-refractivity contribution in [2.45, 2.75) is 57.4 Å². The number of ether oxygens (including phenoxy) is 1. The molecular weight excluding hydrogens is 589 g/mol. The van der Waals surface area contributed by atoms with Gasteiger partial charge in [0.05, 0.1) is 23.6 Å². The summed E-state index contributed by atoms with van der Waals surface area (Å²) in [7, 11) is 0. The molecule has 2 N–H and O–H groups in total. The van der Waals surface area contributed by atoms with Gasteiger partial charge in [-0.1, -0.05) is 79.9 Å². The van der Waals surface area contributed by atoms with Crippen molar-refractivity contribution in [3.8, 4) is 6.07 Å². The molecule has 1 aliphatic rings. The van der Waals surface area contributed by atoms with E-state index in [1.54, 1.807) is 53.4 Å². The Labute approximate surface area is 261 Å². The third-order valence-electron chi connectivity index (χ3n) is 7.55.